The number of benzene rings is 1. The number of nitrogens with zero attached hydrogens (tertiary/aromatic N) is 1. The normalized spacial score (nSPS) is 11.9. The molecule has 0 fully saturated rings. The first-order valence-corrected chi connectivity index (χ1v) is 6.58. The highest BCUT2D eigenvalue weighted by Crippen LogP contribution is 2.19. The molecule has 1 aromatic rings. The molecule has 0 radical (unpaired) electrons. The molecule has 0 aromatic heterocycles. The molecule has 1 N–H and O–H groups in total. The third kappa shape index (κ3) is 4.51. The van der Waals surface area contributed by atoms with E-state index in [-0.39, 0.29) is 11.5 Å². The number of halogens is 1. The van der Waals surface area contributed by atoms with E-state index in [0.29, 0.717) is 6.42 Å². The van der Waals surface area contributed by atoms with Crippen molar-refractivity contribution in [1.82, 2.24) is 5.32 Å². The quantitative estimate of drug-likeness (QED) is 0.492. The molecule has 22 heavy (non-hydrogen) atoms. The summed E-state index contributed by atoms with van der Waals surface area (Å²) in [6.07, 6.45) is 0.349. The van der Waals surface area contributed by atoms with Crippen molar-refractivity contribution in [2.45, 2.75) is 26.3 Å². The van der Waals surface area contributed by atoms with Gasteiger partial charge < -0.3 is 10.1 Å². The highest BCUT2D eigenvalue weighted by Gasteiger charge is 2.24. The van der Waals surface area contributed by atoms with Crippen LogP contribution in [-0.4, -0.2) is 30.0 Å². The van der Waals surface area contributed by atoms with Crippen LogP contribution in [0.25, 0.3) is 0 Å². The summed E-state index contributed by atoms with van der Waals surface area (Å²) < 4.78 is 17.9. The van der Waals surface area contributed by atoms with Gasteiger partial charge in [-0.1, -0.05) is 13.8 Å². The van der Waals surface area contributed by atoms with Gasteiger partial charge in [-0.3, -0.25) is 14.9 Å². The van der Waals surface area contributed by atoms with Gasteiger partial charge in [-0.25, -0.2) is 4.79 Å². The minimum Gasteiger partial charge on any atom is -0.467 e. The van der Waals surface area contributed by atoms with Crippen molar-refractivity contribution in [1.29, 1.82) is 0 Å². The molecule has 0 aliphatic rings. The predicted molar refractivity (Wildman–Crippen MR) is 75.8 cm³/mol. The molecule has 0 aliphatic heterocycles. The third-order valence-electron chi connectivity index (χ3n) is 2.90. The van der Waals surface area contributed by atoms with Crippen LogP contribution in [-0.2, 0) is 9.53 Å². The van der Waals surface area contributed by atoms with E-state index in [0.717, 1.165) is 18.2 Å². The number of carbonyl (C=O) groups is 2. The molecule has 1 rings (SSSR count). The van der Waals surface area contributed by atoms with Crippen molar-refractivity contribution in [3.63, 3.8) is 0 Å². The number of hydrogen-bond donors (Lipinski definition) is 1. The number of esters is 1. The Morgan fingerprint density at radius 1 is 1.41 bits per heavy atom. The van der Waals surface area contributed by atoms with Crippen molar-refractivity contribution in [2.75, 3.05) is 7.11 Å². The van der Waals surface area contributed by atoms with Crippen LogP contribution in [0, 0.1) is 21.8 Å². The molecular weight excluding hydrogens is 295 g/mol. The van der Waals surface area contributed by atoms with Gasteiger partial charge in [0.25, 0.3) is 5.91 Å². The summed E-state index contributed by atoms with van der Waals surface area (Å²) in [5.74, 6) is -2.24. The zero-order valence-electron chi connectivity index (χ0n) is 12.5. The Morgan fingerprint density at radius 3 is 2.55 bits per heavy atom. The molecule has 1 aromatic carbocycles. The second kappa shape index (κ2) is 7.48. The maximum atomic E-state index is 13.3. The number of nitro groups is 1. The van der Waals surface area contributed by atoms with E-state index in [4.69, 9.17) is 0 Å². The van der Waals surface area contributed by atoms with E-state index in [1.807, 2.05) is 13.8 Å². The van der Waals surface area contributed by atoms with Crippen molar-refractivity contribution >= 4 is 17.6 Å². The van der Waals surface area contributed by atoms with Crippen LogP contribution in [0.4, 0.5) is 10.1 Å². The summed E-state index contributed by atoms with van der Waals surface area (Å²) in [7, 11) is 1.20. The molecular formula is C14H17FN2O5. The van der Waals surface area contributed by atoms with Gasteiger partial charge in [0.1, 0.15) is 6.04 Å². The van der Waals surface area contributed by atoms with Crippen LogP contribution in [0.1, 0.15) is 30.6 Å². The molecule has 7 nitrogen and oxygen atoms in total. The number of methoxy groups -OCH3 is 1. The lowest BCUT2D eigenvalue weighted by atomic mass is 10.0. The van der Waals surface area contributed by atoms with Gasteiger partial charge in [-0.05, 0) is 24.5 Å². The van der Waals surface area contributed by atoms with Gasteiger partial charge in [-0.2, -0.15) is 4.39 Å². The Balaban J connectivity index is 2.97. The Morgan fingerprint density at radius 2 is 2.05 bits per heavy atom. The first kappa shape index (κ1) is 17.5. The Kier molecular flexibility index (Phi) is 5.97. The maximum absolute atomic E-state index is 13.3. The molecule has 0 saturated carbocycles. The largest absolute Gasteiger partial charge is 0.467 e. The lowest BCUT2D eigenvalue weighted by Crippen LogP contribution is -2.42. The molecule has 0 heterocycles. The second-order valence-corrected chi connectivity index (χ2v) is 5.10. The first-order chi connectivity index (χ1) is 10.3. The number of amides is 1. The van der Waals surface area contributed by atoms with E-state index in [9.17, 15) is 24.1 Å². The first-order valence-electron chi connectivity index (χ1n) is 6.58. The fourth-order valence-corrected chi connectivity index (χ4v) is 1.86. The van der Waals surface area contributed by atoms with E-state index in [2.05, 4.69) is 10.1 Å². The van der Waals surface area contributed by atoms with Crippen LogP contribution in [0.3, 0.4) is 0 Å². The molecule has 0 saturated heterocycles. The van der Waals surface area contributed by atoms with Crippen LogP contribution in [0.15, 0.2) is 18.2 Å². The number of nitro benzene ring substituents is 1. The zero-order chi connectivity index (χ0) is 16.9. The molecule has 0 bridgehead atoms. The lowest BCUT2D eigenvalue weighted by molar-refractivity contribution is -0.387. The average molecular weight is 312 g/mol. The van der Waals surface area contributed by atoms with Gasteiger partial charge >= 0.3 is 11.7 Å². The number of rotatable bonds is 6. The average Bonchev–Trinajstić information content (AvgIpc) is 2.45. The van der Waals surface area contributed by atoms with Gasteiger partial charge in [0.15, 0.2) is 0 Å². The summed E-state index contributed by atoms with van der Waals surface area (Å²) in [5.41, 5.74) is -0.906. The van der Waals surface area contributed by atoms with E-state index in [1.165, 1.54) is 7.11 Å². The van der Waals surface area contributed by atoms with Crippen molar-refractivity contribution in [2.24, 2.45) is 5.92 Å². The van der Waals surface area contributed by atoms with Crippen LogP contribution in [0.5, 0.6) is 0 Å². The Bertz CT molecular complexity index is 589. The van der Waals surface area contributed by atoms with E-state index >= 15 is 0 Å². The van der Waals surface area contributed by atoms with Crippen LogP contribution in [0.2, 0.25) is 0 Å². The third-order valence-corrected chi connectivity index (χ3v) is 2.90. The van der Waals surface area contributed by atoms with Crippen LogP contribution >= 0.6 is 0 Å². The summed E-state index contributed by atoms with van der Waals surface area (Å²) in [6, 6.07) is 1.90. The molecule has 1 atom stereocenters. The molecule has 1 amide bonds. The molecule has 1 unspecified atom stereocenters. The topological polar surface area (TPSA) is 98.5 Å². The molecule has 8 heteroatoms. The fraction of sp³-hybridized carbons (Fsp3) is 0.429. The van der Waals surface area contributed by atoms with Gasteiger partial charge in [0.05, 0.1) is 12.0 Å². The van der Waals surface area contributed by atoms with Crippen molar-refractivity contribution in [3.8, 4) is 0 Å². The summed E-state index contributed by atoms with van der Waals surface area (Å²) in [5, 5.41) is 13.1. The summed E-state index contributed by atoms with van der Waals surface area (Å²) >= 11 is 0. The Labute approximate surface area is 126 Å². The zero-order valence-corrected chi connectivity index (χ0v) is 12.5. The van der Waals surface area contributed by atoms with Crippen molar-refractivity contribution in [3.05, 3.63) is 39.7 Å². The highest BCUT2D eigenvalue weighted by atomic mass is 19.1. The van der Waals surface area contributed by atoms with Gasteiger partial charge in [-0.15, -0.1) is 0 Å². The summed E-state index contributed by atoms with van der Waals surface area (Å²) in [6.45, 7) is 3.73. The fourth-order valence-electron chi connectivity index (χ4n) is 1.86. The SMILES string of the molecule is COC(=O)C(CC(C)C)NC(=O)c1ccc(F)c([N+](=O)[O-])c1. The minimum absolute atomic E-state index is 0.106. The smallest absolute Gasteiger partial charge is 0.328 e. The highest BCUT2D eigenvalue weighted by molar-refractivity contribution is 5.97. The van der Waals surface area contributed by atoms with Crippen LogP contribution < -0.4 is 5.32 Å². The van der Waals surface area contributed by atoms with E-state index in [1.54, 1.807) is 0 Å². The summed E-state index contributed by atoms with van der Waals surface area (Å²) in [4.78, 5) is 33.5. The number of hydrogen-bond acceptors (Lipinski definition) is 5. The number of carbonyl (C=O) groups excluding carboxylic acids is 2. The van der Waals surface area contributed by atoms with Gasteiger partial charge in [0.2, 0.25) is 5.82 Å². The van der Waals surface area contributed by atoms with E-state index < -0.39 is 34.3 Å². The van der Waals surface area contributed by atoms with Gasteiger partial charge in [0, 0.05) is 11.6 Å². The molecule has 0 aliphatic carbocycles. The predicted octanol–water partition coefficient (Wildman–Crippen LogP) is 2.05. The number of ether oxygens (including phenoxy) is 1. The monoisotopic (exact) mass is 312 g/mol. The molecule has 120 valence electrons. The Hall–Kier alpha value is -2.51. The minimum atomic E-state index is -1.03. The maximum Gasteiger partial charge on any atom is 0.328 e. The second-order valence-electron chi connectivity index (χ2n) is 5.10. The standard InChI is InChI=1S/C14H17FN2O5/c1-8(2)6-11(14(19)22-3)16-13(18)9-4-5-10(15)12(7-9)17(20)21/h4-5,7-8,11H,6H2,1-3H3,(H,16,18). The molecule has 0 spiro atoms. The van der Waals surface area contributed by atoms with Crippen molar-refractivity contribution < 1.29 is 23.6 Å². The number of nitrogens with one attached hydrogen (secondary N) is 1. The lowest BCUT2D eigenvalue weighted by Gasteiger charge is -2.18.